The van der Waals surface area contributed by atoms with E-state index >= 15 is 0 Å². The Bertz CT molecular complexity index is 1350. The van der Waals surface area contributed by atoms with Crippen LogP contribution in [0.3, 0.4) is 0 Å². The summed E-state index contributed by atoms with van der Waals surface area (Å²) in [5.41, 5.74) is -0.436. The first kappa shape index (κ1) is 26.6. The highest BCUT2D eigenvalue weighted by molar-refractivity contribution is 6.42. The summed E-state index contributed by atoms with van der Waals surface area (Å²) in [6, 6.07) is 16.6. The van der Waals surface area contributed by atoms with Crippen LogP contribution in [0.25, 0.3) is 6.08 Å². The predicted molar refractivity (Wildman–Crippen MR) is 131 cm³/mol. The Kier molecular flexibility index (Phi) is 8.59. The number of carbonyl (C=O) groups is 2. The first-order chi connectivity index (χ1) is 17.0. The summed E-state index contributed by atoms with van der Waals surface area (Å²) in [7, 11) is 0. The average Bonchev–Trinajstić information content (AvgIpc) is 2.84. The van der Waals surface area contributed by atoms with E-state index in [9.17, 15) is 28.0 Å². The number of halogens is 5. The van der Waals surface area contributed by atoms with Gasteiger partial charge < -0.3 is 15.4 Å². The van der Waals surface area contributed by atoms with Gasteiger partial charge in [-0.05, 0) is 60.2 Å². The number of nitrogens with zero attached hydrogens (tertiary/aromatic N) is 1. The molecule has 3 aromatic rings. The Morgan fingerprint density at radius 2 is 1.64 bits per heavy atom. The van der Waals surface area contributed by atoms with Crippen LogP contribution < -0.4 is 15.4 Å². The van der Waals surface area contributed by atoms with Crippen molar-refractivity contribution >= 4 is 52.5 Å². The maximum Gasteiger partial charge on any atom is 0.416 e. The second-order valence-electron chi connectivity index (χ2n) is 7.24. The summed E-state index contributed by atoms with van der Waals surface area (Å²) >= 11 is 11.7. The lowest BCUT2D eigenvalue weighted by atomic mass is 10.1. The van der Waals surface area contributed by atoms with Crippen LogP contribution in [0.4, 0.5) is 24.5 Å². The van der Waals surface area contributed by atoms with Gasteiger partial charge in [0.25, 0.3) is 11.8 Å². The molecule has 0 spiro atoms. The molecule has 3 rings (SSSR count). The average molecular weight is 534 g/mol. The Morgan fingerprint density at radius 3 is 2.28 bits per heavy atom. The second kappa shape index (κ2) is 11.6. The van der Waals surface area contributed by atoms with Crippen LogP contribution >= 0.6 is 23.2 Å². The molecule has 0 aliphatic rings. The molecule has 0 saturated heterocycles. The van der Waals surface area contributed by atoms with Crippen LogP contribution in [-0.2, 0) is 15.8 Å². The van der Waals surface area contributed by atoms with Crippen molar-refractivity contribution in [3.63, 3.8) is 0 Å². The van der Waals surface area contributed by atoms with Gasteiger partial charge in [0.05, 0.1) is 15.6 Å². The van der Waals surface area contributed by atoms with Crippen LogP contribution in [0.15, 0.2) is 72.3 Å². The summed E-state index contributed by atoms with van der Waals surface area (Å²) in [6.07, 6.45) is -3.30. The molecule has 0 fully saturated rings. The van der Waals surface area contributed by atoms with E-state index in [1.165, 1.54) is 30.3 Å². The Labute approximate surface area is 213 Å². The van der Waals surface area contributed by atoms with E-state index < -0.39 is 23.6 Å². The lowest BCUT2D eigenvalue weighted by Crippen LogP contribution is -2.20. The highest BCUT2D eigenvalue weighted by Crippen LogP contribution is 2.31. The van der Waals surface area contributed by atoms with E-state index in [0.717, 1.165) is 18.2 Å². The van der Waals surface area contributed by atoms with Gasteiger partial charge in [0.1, 0.15) is 17.4 Å². The maximum absolute atomic E-state index is 12.9. The number of nitriles is 1. The quantitative estimate of drug-likeness (QED) is 0.265. The van der Waals surface area contributed by atoms with Gasteiger partial charge in [-0.15, -0.1) is 0 Å². The number of alkyl halides is 3. The molecule has 0 aromatic heterocycles. The van der Waals surface area contributed by atoms with Crippen molar-refractivity contribution in [3.8, 4) is 11.8 Å². The minimum atomic E-state index is -4.57. The summed E-state index contributed by atoms with van der Waals surface area (Å²) in [5.74, 6) is -0.949. The Balaban J connectivity index is 1.59. The molecule has 0 aliphatic carbocycles. The number of rotatable bonds is 7. The van der Waals surface area contributed by atoms with Gasteiger partial charge in [-0.25, -0.2) is 0 Å². The molecule has 0 aliphatic heterocycles. The predicted octanol–water partition coefficient (Wildman–Crippen LogP) is 6.58. The van der Waals surface area contributed by atoms with Gasteiger partial charge in [0.2, 0.25) is 0 Å². The van der Waals surface area contributed by atoms with Gasteiger partial charge in [-0.1, -0.05) is 41.4 Å². The fourth-order valence-electron chi connectivity index (χ4n) is 2.87. The van der Waals surface area contributed by atoms with E-state index in [1.807, 2.05) is 0 Å². The molecule has 36 heavy (non-hydrogen) atoms. The third kappa shape index (κ3) is 7.50. The van der Waals surface area contributed by atoms with Crippen molar-refractivity contribution in [2.75, 3.05) is 17.2 Å². The van der Waals surface area contributed by atoms with Crippen LogP contribution in [-0.4, -0.2) is 18.4 Å². The molecule has 0 unspecified atom stereocenters. The summed E-state index contributed by atoms with van der Waals surface area (Å²) in [5, 5.41) is 14.9. The SMILES string of the molecule is N#C/C(=C\c1ccc(OCC(=O)Nc2ccc(Cl)c(Cl)c2)cc1)C(=O)Nc1cccc(C(F)(F)F)c1. The minimum absolute atomic E-state index is 0.0983. The van der Waals surface area contributed by atoms with Gasteiger partial charge >= 0.3 is 6.18 Å². The number of hydrogen-bond donors (Lipinski definition) is 2. The molecular formula is C25H16Cl2F3N3O3. The van der Waals surface area contributed by atoms with Crippen LogP contribution in [0.5, 0.6) is 5.75 Å². The molecular weight excluding hydrogens is 518 g/mol. The molecule has 0 atom stereocenters. The molecule has 0 saturated carbocycles. The second-order valence-corrected chi connectivity index (χ2v) is 8.05. The number of amides is 2. The first-order valence-electron chi connectivity index (χ1n) is 10.1. The Hall–Kier alpha value is -4.00. The minimum Gasteiger partial charge on any atom is -0.484 e. The first-order valence-corrected chi connectivity index (χ1v) is 10.9. The highest BCUT2D eigenvalue weighted by Gasteiger charge is 2.30. The van der Waals surface area contributed by atoms with E-state index in [0.29, 0.717) is 27.0 Å². The number of benzene rings is 3. The zero-order chi connectivity index (χ0) is 26.3. The van der Waals surface area contributed by atoms with Crippen molar-refractivity contribution in [1.82, 2.24) is 0 Å². The third-order valence-electron chi connectivity index (χ3n) is 4.58. The summed E-state index contributed by atoms with van der Waals surface area (Å²) in [4.78, 5) is 24.4. The molecule has 184 valence electrons. The number of hydrogen-bond acceptors (Lipinski definition) is 4. The summed E-state index contributed by atoms with van der Waals surface area (Å²) < 4.78 is 44.0. The van der Waals surface area contributed by atoms with Crippen molar-refractivity contribution < 1.29 is 27.5 Å². The van der Waals surface area contributed by atoms with Crippen molar-refractivity contribution in [2.24, 2.45) is 0 Å². The molecule has 6 nitrogen and oxygen atoms in total. The lowest BCUT2D eigenvalue weighted by molar-refractivity contribution is -0.137. The third-order valence-corrected chi connectivity index (χ3v) is 5.32. The van der Waals surface area contributed by atoms with Crippen molar-refractivity contribution in [1.29, 1.82) is 5.26 Å². The normalized spacial score (nSPS) is 11.4. The molecule has 11 heteroatoms. The van der Waals surface area contributed by atoms with Gasteiger partial charge in [0.15, 0.2) is 6.61 Å². The van der Waals surface area contributed by atoms with E-state index in [-0.39, 0.29) is 17.9 Å². The smallest absolute Gasteiger partial charge is 0.416 e. The highest BCUT2D eigenvalue weighted by atomic mass is 35.5. The Morgan fingerprint density at radius 1 is 0.944 bits per heavy atom. The van der Waals surface area contributed by atoms with Crippen LogP contribution in [0, 0.1) is 11.3 Å². The maximum atomic E-state index is 12.9. The molecule has 0 bridgehead atoms. The zero-order valence-electron chi connectivity index (χ0n) is 18.2. The number of nitrogens with one attached hydrogen (secondary N) is 2. The van der Waals surface area contributed by atoms with Gasteiger partial charge in [0, 0.05) is 11.4 Å². The fraction of sp³-hybridized carbons (Fsp3) is 0.0800. The van der Waals surface area contributed by atoms with Crippen LogP contribution in [0.1, 0.15) is 11.1 Å². The monoisotopic (exact) mass is 533 g/mol. The molecule has 0 radical (unpaired) electrons. The number of anilines is 2. The van der Waals surface area contributed by atoms with E-state index in [4.69, 9.17) is 27.9 Å². The van der Waals surface area contributed by atoms with Crippen LogP contribution in [0.2, 0.25) is 10.0 Å². The zero-order valence-corrected chi connectivity index (χ0v) is 19.7. The van der Waals surface area contributed by atoms with Crippen molar-refractivity contribution in [2.45, 2.75) is 6.18 Å². The van der Waals surface area contributed by atoms with Gasteiger partial charge in [-0.3, -0.25) is 9.59 Å². The largest absolute Gasteiger partial charge is 0.484 e. The van der Waals surface area contributed by atoms with E-state index in [1.54, 1.807) is 30.3 Å². The van der Waals surface area contributed by atoms with Gasteiger partial charge in [-0.2, -0.15) is 18.4 Å². The molecule has 2 amide bonds. The molecule has 3 aromatic carbocycles. The van der Waals surface area contributed by atoms with Crippen molar-refractivity contribution in [3.05, 3.63) is 93.5 Å². The number of ether oxygens (including phenoxy) is 1. The standard InChI is InChI=1S/C25H16Cl2F3N3O3/c26-21-9-6-19(12-22(21)27)32-23(34)14-36-20-7-4-15(5-8-20)10-16(13-31)24(35)33-18-3-1-2-17(11-18)25(28,29)30/h1-12H,14H2,(H,32,34)(H,33,35)/b16-10+. The lowest BCUT2D eigenvalue weighted by Gasteiger charge is -2.10. The topological polar surface area (TPSA) is 91.2 Å². The summed E-state index contributed by atoms with van der Waals surface area (Å²) in [6.45, 7) is -0.293. The van der Waals surface area contributed by atoms with E-state index in [2.05, 4.69) is 10.6 Å². The molecule has 0 heterocycles. The number of carbonyl (C=O) groups excluding carboxylic acids is 2. The fourth-order valence-corrected chi connectivity index (χ4v) is 3.17. The molecule has 2 N–H and O–H groups in total.